The molecule has 4 bridgehead atoms. The SMILES string of the molecule is C/C=C/C=C\C(=O)O[C@H]1[C@H](O)[C@H](OC[C@@]23C[C@@H]4[C@H](C)CC[C@H]4[C@@]4(C=O)C[C@@H]2C=C(C(C)C)[C@@]34C(=O)O)O[C@H](C)[C@H]1OC. The number of carbonyl (C=O) groups is 3. The molecule has 2 N–H and O–H groups in total. The van der Waals surface area contributed by atoms with E-state index in [9.17, 15) is 24.6 Å². The number of carboxylic acids is 1. The van der Waals surface area contributed by atoms with Crippen LogP contribution in [0.5, 0.6) is 0 Å². The van der Waals surface area contributed by atoms with Crippen LogP contribution in [-0.2, 0) is 33.3 Å². The summed E-state index contributed by atoms with van der Waals surface area (Å²) in [5, 5.41) is 22.6. The van der Waals surface area contributed by atoms with Gasteiger partial charge in [0.15, 0.2) is 12.4 Å². The van der Waals surface area contributed by atoms with Crippen LogP contribution in [0.25, 0.3) is 0 Å². The molecule has 12 atom stereocenters. The highest BCUT2D eigenvalue weighted by Crippen LogP contribution is 2.82. The van der Waals surface area contributed by atoms with E-state index < -0.39 is 58.9 Å². The number of rotatable bonds is 10. The Morgan fingerprint density at radius 3 is 2.52 bits per heavy atom. The maximum Gasteiger partial charge on any atom is 0.331 e. The fraction of sp³-hybridized carbons (Fsp3) is 0.727. The molecular formula is C33H46O9. The Bertz CT molecular complexity index is 1170. The number of fused-ring (bicyclic) bond motifs is 2. The highest BCUT2D eigenvalue weighted by Gasteiger charge is 2.84. The van der Waals surface area contributed by atoms with E-state index in [1.54, 1.807) is 25.2 Å². The molecule has 0 aromatic carbocycles. The summed E-state index contributed by atoms with van der Waals surface area (Å²) in [5.74, 6) is -1.21. The van der Waals surface area contributed by atoms with Crippen molar-refractivity contribution < 1.29 is 43.5 Å². The number of esters is 1. The summed E-state index contributed by atoms with van der Waals surface area (Å²) >= 11 is 0. The Kier molecular flexibility index (Phi) is 8.37. The average molecular weight is 587 g/mol. The standard InChI is InChI=1S/C33H46O9/c1-7-8-9-10-25(35)42-28-26(36)29(41-20(5)27(28)39-6)40-17-32-15-22-19(4)11-12-23(22)31(16-34)14-21(32)13-24(18(2)3)33(31,32)30(37)38/h7-10,13,16,18-23,26-29,36H,11-12,14-15,17H2,1-6H3,(H,37,38)/b8-7+,10-9-/t19-,20-,21+,22-,23-,26+,27-,28+,29-,31+,32+,33+/m1/s1. The van der Waals surface area contributed by atoms with Gasteiger partial charge in [-0.2, -0.15) is 0 Å². The molecule has 42 heavy (non-hydrogen) atoms. The normalized spacial score (nSPS) is 45.9. The van der Waals surface area contributed by atoms with E-state index in [1.165, 1.54) is 13.2 Å². The first kappa shape index (κ1) is 31.1. The van der Waals surface area contributed by atoms with Gasteiger partial charge in [-0.25, -0.2) is 4.79 Å². The summed E-state index contributed by atoms with van der Waals surface area (Å²) in [7, 11) is 1.46. The van der Waals surface area contributed by atoms with Crippen LogP contribution >= 0.6 is 0 Å². The molecule has 0 spiro atoms. The largest absolute Gasteiger partial charge is 0.481 e. The molecule has 1 aliphatic heterocycles. The number of hydrogen-bond acceptors (Lipinski definition) is 8. The van der Waals surface area contributed by atoms with Gasteiger partial charge in [-0.15, -0.1) is 0 Å². The van der Waals surface area contributed by atoms with Crippen molar-refractivity contribution in [1.29, 1.82) is 0 Å². The number of aliphatic hydroxyl groups excluding tert-OH is 1. The van der Waals surface area contributed by atoms with Crippen molar-refractivity contribution in [2.45, 2.75) is 91.0 Å². The molecule has 0 radical (unpaired) electrons. The number of methoxy groups -OCH3 is 1. The predicted octanol–water partition coefficient (Wildman–Crippen LogP) is 4.09. The number of aliphatic carboxylic acids is 1. The van der Waals surface area contributed by atoms with E-state index in [1.807, 2.05) is 20.8 Å². The zero-order chi connectivity index (χ0) is 30.6. The van der Waals surface area contributed by atoms with Crippen molar-refractivity contribution in [3.8, 4) is 0 Å². The molecule has 232 valence electrons. The summed E-state index contributed by atoms with van der Waals surface area (Å²) in [6, 6.07) is 0. The maximum absolute atomic E-state index is 13.7. The highest BCUT2D eigenvalue weighted by molar-refractivity contribution is 5.90. The second kappa shape index (κ2) is 11.3. The monoisotopic (exact) mass is 586 g/mol. The van der Waals surface area contributed by atoms with Crippen LogP contribution in [0.15, 0.2) is 36.0 Å². The number of allylic oxidation sites excluding steroid dienone is 4. The molecule has 9 heteroatoms. The summed E-state index contributed by atoms with van der Waals surface area (Å²) in [6.07, 6.45) is 7.35. The van der Waals surface area contributed by atoms with Crippen molar-refractivity contribution in [2.24, 2.45) is 45.8 Å². The lowest BCUT2D eigenvalue weighted by Gasteiger charge is -2.58. The Morgan fingerprint density at radius 2 is 1.90 bits per heavy atom. The van der Waals surface area contributed by atoms with E-state index in [0.717, 1.165) is 24.7 Å². The molecule has 0 unspecified atom stereocenters. The molecular weight excluding hydrogens is 540 g/mol. The molecule has 4 aliphatic carbocycles. The van der Waals surface area contributed by atoms with E-state index >= 15 is 0 Å². The van der Waals surface area contributed by atoms with Gasteiger partial charge in [0.05, 0.1) is 18.1 Å². The van der Waals surface area contributed by atoms with Gasteiger partial charge in [-0.1, -0.05) is 57.1 Å². The first-order chi connectivity index (χ1) is 19.9. The van der Waals surface area contributed by atoms with Crippen LogP contribution in [0.4, 0.5) is 0 Å². The number of aldehydes is 1. The first-order valence-corrected chi connectivity index (χ1v) is 15.4. The molecule has 3 saturated carbocycles. The Morgan fingerprint density at radius 1 is 1.17 bits per heavy atom. The summed E-state index contributed by atoms with van der Waals surface area (Å²) in [6.45, 7) is 9.78. The molecule has 4 fully saturated rings. The third-order valence-corrected chi connectivity index (χ3v) is 11.4. The van der Waals surface area contributed by atoms with Crippen molar-refractivity contribution in [2.75, 3.05) is 13.7 Å². The fourth-order valence-corrected chi connectivity index (χ4v) is 9.87. The second-order valence-electron chi connectivity index (χ2n) is 13.5. The summed E-state index contributed by atoms with van der Waals surface area (Å²) in [5.41, 5.74) is -2.45. The topological polar surface area (TPSA) is 129 Å². The van der Waals surface area contributed by atoms with Crippen molar-refractivity contribution in [3.63, 3.8) is 0 Å². The van der Waals surface area contributed by atoms with Crippen LogP contribution in [0.3, 0.4) is 0 Å². The quantitative estimate of drug-likeness (QED) is 0.128. The summed E-state index contributed by atoms with van der Waals surface area (Å²) < 4.78 is 23.7. The van der Waals surface area contributed by atoms with Gasteiger partial charge in [0.2, 0.25) is 0 Å². The molecule has 0 aromatic rings. The smallest absolute Gasteiger partial charge is 0.331 e. The lowest BCUT2D eigenvalue weighted by Crippen LogP contribution is -2.64. The lowest BCUT2D eigenvalue weighted by atomic mass is 9.43. The summed E-state index contributed by atoms with van der Waals surface area (Å²) in [4.78, 5) is 39.4. The number of carbonyl (C=O) groups excluding carboxylic acids is 2. The van der Waals surface area contributed by atoms with E-state index in [2.05, 4.69) is 13.0 Å². The van der Waals surface area contributed by atoms with Crippen LogP contribution in [0, 0.1) is 45.8 Å². The maximum atomic E-state index is 13.7. The van der Waals surface area contributed by atoms with E-state index in [0.29, 0.717) is 18.8 Å². The Balaban J connectivity index is 1.49. The average Bonchev–Trinajstić information content (AvgIpc) is 3.52. The molecule has 9 nitrogen and oxygen atoms in total. The van der Waals surface area contributed by atoms with Crippen molar-refractivity contribution in [3.05, 3.63) is 36.0 Å². The number of hydrogen-bond donors (Lipinski definition) is 2. The minimum atomic E-state index is -1.39. The number of carboxylic acid groups (broad SMARTS) is 1. The lowest BCUT2D eigenvalue weighted by molar-refractivity contribution is -0.308. The predicted molar refractivity (Wildman–Crippen MR) is 153 cm³/mol. The van der Waals surface area contributed by atoms with Gasteiger partial charge in [0, 0.05) is 18.6 Å². The van der Waals surface area contributed by atoms with Gasteiger partial charge in [-0.3, -0.25) is 4.79 Å². The number of aliphatic hydroxyl groups is 1. The van der Waals surface area contributed by atoms with Crippen LogP contribution < -0.4 is 0 Å². The Labute approximate surface area is 248 Å². The second-order valence-corrected chi connectivity index (χ2v) is 13.5. The van der Waals surface area contributed by atoms with Gasteiger partial charge in [0.25, 0.3) is 0 Å². The Hall–Kier alpha value is -2.33. The zero-order valence-corrected chi connectivity index (χ0v) is 25.5. The van der Waals surface area contributed by atoms with Crippen molar-refractivity contribution >= 4 is 18.2 Å². The van der Waals surface area contributed by atoms with Gasteiger partial charge in [-0.05, 0) is 62.7 Å². The molecule has 5 aliphatic rings. The minimum Gasteiger partial charge on any atom is -0.481 e. The first-order valence-electron chi connectivity index (χ1n) is 15.4. The highest BCUT2D eigenvalue weighted by atomic mass is 16.7. The molecule has 0 amide bonds. The molecule has 5 rings (SSSR count). The number of ether oxygens (including phenoxy) is 4. The molecule has 1 heterocycles. The van der Waals surface area contributed by atoms with E-state index in [4.69, 9.17) is 18.9 Å². The minimum absolute atomic E-state index is 0.00379. The third-order valence-electron chi connectivity index (χ3n) is 11.4. The van der Waals surface area contributed by atoms with Crippen LogP contribution in [0.1, 0.15) is 60.3 Å². The third kappa shape index (κ3) is 4.14. The van der Waals surface area contributed by atoms with Crippen LogP contribution in [-0.4, -0.2) is 72.9 Å². The van der Waals surface area contributed by atoms with E-state index in [-0.39, 0.29) is 30.3 Å². The van der Waals surface area contributed by atoms with Gasteiger partial charge >= 0.3 is 11.9 Å². The molecule has 0 aromatic heterocycles. The van der Waals surface area contributed by atoms with Gasteiger partial charge < -0.3 is 34.0 Å². The van der Waals surface area contributed by atoms with Crippen molar-refractivity contribution in [1.82, 2.24) is 0 Å². The van der Waals surface area contributed by atoms with Gasteiger partial charge in [0.1, 0.15) is 23.9 Å². The zero-order valence-electron chi connectivity index (χ0n) is 25.5. The molecule has 1 saturated heterocycles. The van der Waals surface area contributed by atoms with Crippen LogP contribution in [0.2, 0.25) is 0 Å². The fourth-order valence-electron chi connectivity index (χ4n) is 9.87.